The van der Waals surface area contributed by atoms with Gasteiger partial charge in [-0.15, -0.1) is 0 Å². The van der Waals surface area contributed by atoms with Crippen LogP contribution in [0.25, 0.3) is 11.6 Å². The van der Waals surface area contributed by atoms with Gasteiger partial charge in [0.05, 0.1) is 26.9 Å². The van der Waals surface area contributed by atoms with Gasteiger partial charge in [0.15, 0.2) is 0 Å². The van der Waals surface area contributed by atoms with Gasteiger partial charge in [-0.1, -0.05) is 30.3 Å². The Kier molecular flexibility index (Phi) is 6.45. The van der Waals surface area contributed by atoms with Crippen LogP contribution in [0.1, 0.15) is 39.0 Å². The molecule has 0 aliphatic heterocycles. The first-order valence-electron chi connectivity index (χ1n) is 10.5. The second-order valence-electron chi connectivity index (χ2n) is 7.58. The molecule has 164 valence electrons. The smallest absolute Gasteiger partial charge is 0.337 e. The second kappa shape index (κ2) is 9.60. The average Bonchev–Trinajstić information content (AvgIpc) is 3.25. The first-order valence-corrected chi connectivity index (χ1v) is 10.5. The number of hydrogen-bond acceptors (Lipinski definition) is 5. The minimum Gasteiger partial charge on any atom is -0.497 e. The summed E-state index contributed by atoms with van der Waals surface area (Å²) < 4.78 is 21.8. The molecule has 0 bridgehead atoms. The lowest BCUT2D eigenvalue weighted by molar-refractivity contribution is 0.0600. The van der Waals surface area contributed by atoms with Gasteiger partial charge in [-0.2, -0.15) is 0 Å². The number of esters is 1. The zero-order valence-electron chi connectivity index (χ0n) is 18.5. The highest BCUT2D eigenvalue weighted by Gasteiger charge is 2.21. The van der Waals surface area contributed by atoms with Gasteiger partial charge in [-0.3, -0.25) is 0 Å². The van der Waals surface area contributed by atoms with Crippen LogP contribution in [0, 0.1) is 0 Å². The molecule has 3 aromatic rings. The highest BCUT2D eigenvalue weighted by Crippen LogP contribution is 2.40. The van der Waals surface area contributed by atoms with Crippen molar-refractivity contribution in [1.82, 2.24) is 0 Å². The van der Waals surface area contributed by atoms with Crippen LogP contribution in [0.4, 0.5) is 0 Å². The van der Waals surface area contributed by atoms with Crippen molar-refractivity contribution in [2.45, 2.75) is 19.4 Å². The molecule has 0 N–H and O–H groups in total. The first-order chi connectivity index (χ1) is 15.6. The van der Waals surface area contributed by atoms with Crippen molar-refractivity contribution >= 4 is 17.6 Å². The Morgan fingerprint density at radius 3 is 2.28 bits per heavy atom. The van der Waals surface area contributed by atoms with E-state index >= 15 is 0 Å². The van der Waals surface area contributed by atoms with Crippen LogP contribution in [0.15, 0.2) is 60.7 Å². The van der Waals surface area contributed by atoms with Crippen molar-refractivity contribution in [3.63, 3.8) is 0 Å². The largest absolute Gasteiger partial charge is 0.497 e. The van der Waals surface area contributed by atoms with Gasteiger partial charge in [0.25, 0.3) is 0 Å². The molecule has 32 heavy (non-hydrogen) atoms. The average molecular weight is 431 g/mol. The van der Waals surface area contributed by atoms with Gasteiger partial charge in [0.2, 0.25) is 0 Å². The molecule has 5 heteroatoms. The Balaban J connectivity index is 1.58. The molecule has 0 saturated heterocycles. The van der Waals surface area contributed by atoms with Crippen LogP contribution < -0.4 is 14.2 Å². The van der Waals surface area contributed by atoms with E-state index in [0.29, 0.717) is 12.2 Å². The molecule has 0 aromatic heterocycles. The van der Waals surface area contributed by atoms with Crippen LogP contribution in [0.5, 0.6) is 17.2 Å². The van der Waals surface area contributed by atoms with E-state index in [-0.39, 0.29) is 5.97 Å². The fourth-order valence-corrected chi connectivity index (χ4v) is 3.94. The maximum absolute atomic E-state index is 11.6. The highest BCUT2D eigenvalue weighted by molar-refractivity contribution is 5.89. The molecular formula is C27H26O5. The third-order valence-electron chi connectivity index (χ3n) is 5.58. The topological polar surface area (TPSA) is 54.0 Å². The summed E-state index contributed by atoms with van der Waals surface area (Å²) in [5.41, 5.74) is 6.20. The highest BCUT2D eigenvalue weighted by atomic mass is 16.5. The molecule has 0 saturated carbocycles. The molecular weight excluding hydrogens is 404 g/mol. The number of benzene rings is 3. The number of carbonyl (C=O) groups excluding carboxylic acids is 1. The molecule has 3 aromatic carbocycles. The Morgan fingerprint density at radius 2 is 1.62 bits per heavy atom. The predicted octanol–water partition coefficient (Wildman–Crippen LogP) is 5.56. The number of ether oxygens (including phenoxy) is 4. The lowest BCUT2D eigenvalue weighted by Crippen LogP contribution is -2.02. The van der Waals surface area contributed by atoms with Crippen molar-refractivity contribution < 1.29 is 23.7 Å². The Hall–Kier alpha value is -3.73. The van der Waals surface area contributed by atoms with E-state index in [1.165, 1.54) is 18.2 Å². The molecule has 0 fully saturated rings. The normalized spacial score (nSPS) is 13.5. The fraction of sp³-hybridized carbons (Fsp3) is 0.222. The van der Waals surface area contributed by atoms with Gasteiger partial charge >= 0.3 is 5.97 Å². The Bertz CT molecular complexity index is 1120. The van der Waals surface area contributed by atoms with Crippen LogP contribution in [-0.4, -0.2) is 27.3 Å². The lowest BCUT2D eigenvalue weighted by atomic mass is 10.0. The van der Waals surface area contributed by atoms with E-state index in [2.05, 4.69) is 12.1 Å². The van der Waals surface area contributed by atoms with E-state index < -0.39 is 0 Å². The molecule has 1 aliphatic carbocycles. The summed E-state index contributed by atoms with van der Waals surface area (Å²) in [6, 6.07) is 19.3. The number of aryl methyl sites for hydroxylation is 1. The third-order valence-corrected chi connectivity index (χ3v) is 5.58. The Labute approximate surface area is 188 Å². The molecule has 0 spiro atoms. The van der Waals surface area contributed by atoms with Crippen LogP contribution in [0.3, 0.4) is 0 Å². The van der Waals surface area contributed by atoms with E-state index in [9.17, 15) is 4.79 Å². The molecule has 5 nitrogen and oxygen atoms in total. The van der Waals surface area contributed by atoms with Gasteiger partial charge in [0.1, 0.15) is 23.9 Å². The molecule has 1 aliphatic rings. The monoisotopic (exact) mass is 430 g/mol. The number of hydrogen-bond donors (Lipinski definition) is 0. The van der Waals surface area contributed by atoms with E-state index in [1.54, 1.807) is 26.4 Å². The van der Waals surface area contributed by atoms with Crippen molar-refractivity contribution in [3.05, 3.63) is 88.5 Å². The summed E-state index contributed by atoms with van der Waals surface area (Å²) >= 11 is 0. The summed E-state index contributed by atoms with van der Waals surface area (Å²) in [5, 5.41) is 0. The van der Waals surface area contributed by atoms with Crippen molar-refractivity contribution in [2.75, 3.05) is 21.3 Å². The standard InChI is InChI=1S/C27H26O5/c1-29-23-14-19(15-24(16-23)30-2)13-22-12-11-20-5-4-6-25(26(20)22)32-17-18-7-9-21(10-8-18)27(28)31-3/h4-10,13-16H,11-12,17H2,1-3H3. The molecule has 0 radical (unpaired) electrons. The zero-order valence-corrected chi connectivity index (χ0v) is 18.5. The van der Waals surface area contributed by atoms with E-state index in [0.717, 1.165) is 46.8 Å². The van der Waals surface area contributed by atoms with Gasteiger partial charge in [-0.25, -0.2) is 4.79 Å². The first kappa shape index (κ1) is 21.5. The summed E-state index contributed by atoms with van der Waals surface area (Å²) in [5.74, 6) is 2.03. The summed E-state index contributed by atoms with van der Waals surface area (Å²) in [6.45, 7) is 0.415. The minimum absolute atomic E-state index is 0.345. The van der Waals surface area contributed by atoms with Crippen molar-refractivity contribution in [2.24, 2.45) is 0 Å². The Morgan fingerprint density at radius 1 is 0.906 bits per heavy atom. The SMILES string of the molecule is COC(=O)c1ccc(COc2cccc3c2C(=Cc2cc(OC)cc(OC)c2)CC3)cc1. The van der Waals surface area contributed by atoms with E-state index in [4.69, 9.17) is 18.9 Å². The maximum atomic E-state index is 11.6. The number of fused-ring (bicyclic) bond motifs is 1. The minimum atomic E-state index is -0.345. The molecule has 0 amide bonds. The molecule has 0 heterocycles. The summed E-state index contributed by atoms with van der Waals surface area (Å²) in [4.78, 5) is 11.6. The number of allylic oxidation sites excluding steroid dienone is 1. The fourth-order valence-electron chi connectivity index (χ4n) is 3.94. The van der Waals surface area contributed by atoms with Crippen LogP contribution >= 0.6 is 0 Å². The second-order valence-corrected chi connectivity index (χ2v) is 7.58. The maximum Gasteiger partial charge on any atom is 0.337 e. The van der Waals surface area contributed by atoms with Crippen molar-refractivity contribution in [1.29, 1.82) is 0 Å². The van der Waals surface area contributed by atoms with E-state index in [1.807, 2.05) is 42.5 Å². The number of methoxy groups -OCH3 is 3. The molecule has 0 unspecified atom stereocenters. The summed E-state index contributed by atoms with van der Waals surface area (Å²) in [7, 11) is 4.68. The zero-order chi connectivity index (χ0) is 22.5. The van der Waals surface area contributed by atoms with Gasteiger partial charge < -0.3 is 18.9 Å². The third kappa shape index (κ3) is 4.62. The van der Waals surface area contributed by atoms with Gasteiger partial charge in [0, 0.05) is 11.6 Å². The number of carbonyl (C=O) groups is 1. The van der Waals surface area contributed by atoms with Crippen molar-refractivity contribution in [3.8, 4) is 17.2 Å². The lowest BCUT2D eigenvalue weighted by Gasteiger charge is -2.13. The molecule has 4 rings (SSSR count). The summed E-state index contributed by atoms with van der Waals surface area (Å²) in [6.07, 6.45) is 4.10. The van der Waals surface area contributed by atoms with Crippen LogP contribution in [0.2, 0.25) is 0 Å². The van der Waals surface area contributed by atoms with Gasteiger partial charge in [-0.05, 0) is 65.4 Å². The molecule has 0 atom stereocenters. The quantitative estimate of drug-likeness (QED) is 0.460. The predicted molar refractivity (Wildman–Crippen MR) is 124 cm³/mol. The number of rotatable bonds is 7. The van der Waals surface area contributed by atoms with Crippen LogP contribution in [-0.2, 0) is 17.8 Å².